The highest BCUT2D eigenvalue weighted by molar-refractivity contribution is 6.03. The lowest BCUT2D eigenvalue weighted by Gasteiger charge is -2.16. The minimum absolute atomic E-state index is 0.287. The topological polar surface area (TPSA) is 112 Å². The number of imidazole rings is 1. The van der Waals surface area contributed by atoms with Crippen molar-refractivity contribution in [1.29, 1.82) is 0 Å². The number of carbonyl (C=O) groups is 1. The third-order valence-electron chi connectivity index (χ3n) is 5.25. The molecule has 0 spiro atoms. The van der Waals surface area contributed by atoms with Gasteiger partial charge < -0.3 is 20.3 Å². The summed E-state index contributed by atoms with van der Waals surface area (Å²) in [6, 6.07) is 13.1. The molecule has 5 rings (SSSR count). The Morgan fingerprint density at radius 1 is 1.27 bits per heavy atom. The summed E-state index contributed by atoms with van der Waals surface area (Å²) >= 11 is 0. The lowest BCUT2D eigenvalue weighted by molar-refractivity contribution is 0.102. The van der Waals surface area contributed by atoms with Crippen LogP contribution in [0.3, 0.4) is 0 Å². The van der Waals surface area contributed by atoms with Gasteiger partial charge in [-0.1, -0.05) is 12.1 Å². The highest BCUT2D eigenvalue weighted by Gasteiger charge is 2.21. The van der Waals surface area contributed by atoms with Gasteiger partial charge in [0.1, 0.15) is 11.5 Å². The molecule has 0 saturated carbocycles. The molecule has 1 aliphatic heterocycles. The van der Waals surface area contributed by atoms with Gasteiger partial charge in [0.2, 0.25) is 0 Å². The number of aryl methyl sites for hydroxylation is 1. The van der Waals surface area contributed by atoms with Gasteiger partial charge in [0.05, 0.1) is 22.7 Å². The molecule has 4 heterocycles. The molecule has 0 unspecified atom stereocenters. The van der Waals surface area contributed by atoms with Gasteiger partial charge in [-0.15, -0.1) is 0 Å². The molecule has 3 aromatic heterocycles. The summed E-state index contributed by atoms with van der Waals surface area (Å²) in [6.45, 7) is 1.33. The van der Waals surface area contributed by atoms with Crippen LogP contribution in [0.2, 0.25) is 0 Å². The standard InChI is InChI=1S/C21H21N7O2/c1-27-17(20-23-15-4-2-3-5-16(15)24-20)10-18(26-27)25-21(30)13-6-7-19(22-11-13)28-9-8-14(29)12-28/h2-7,10-11,14,29H,8-9,12H2,1H3,(H,23,24)(H,25,26,30)/t14-/m0/s1. The predicted molar refractivity (Wildman–Crippen MR) is 113 cm³/mol. The molecule has 1 fully saturated rings. The van der Waals surface area contributed by atoms with Crippen molar-refractivity contribution in [3.8, 4) is 11.5 Å². The van der Waals surface area contributed by atoms with Crippen LogP contribution in [-0.2, 0) is 7.05 Å². The van der Waals surface area contributed by atoms with Gasteiger partial charge >= 0.3 is 0 Å². The molecule has 3 N–H and O–H groups in total. The molecule has 1 atom stereocenters. The molecule has 152 valence electrons. The van der Waals surface area contributed by atoms with Gasteiger partial charge in [-0.05, 0) is 30.7 Å². The van der Waals surface area contributed by atoms with Gasteiger partial charge in [0, 0.05) is 32.4 Å². The molecule has 0 aliphatic carbocycles. The number of aliphatic hydroxyl groups excluding tert-OH is 1. The number of nitrogens with zero attached hydrogens (tertiary/aromatic N) is 5. The Labute approximate surface area is 172 Å². The van der Waals surface area contributed by atoms with Crippen LogP contribution >= 0.6 is 0 Å². The lowest BCUT2D eigenvalue weighted by Crippen LogP contribution is -2.22. The number of anilines is 2. The fourth-order valence-corrected chi connectivity index (χ4v) is 3.67. The van der Waals surface area contributed by atoms with Crippen molar-refractivity contribution in [1.82, 2.24) is 24.7 Å². The van der Waals surface area contributed by atoms with Crippen LogP contribution in [-0.4, -0.2) is 54.9 Å². The second-order valence-corrected chi connectivity index (χ2v) is 7.39. The minimum Gasteiger partial charge on any atom is -0.391 e. The van der Waals surface area contributed by atoms with E-state index in [4.69, 9.17) is 0 Å². The van der Waals surface area contributed by atoms with Crippen molar-refractivity contribution in [3.05, 3.63) is 54.2 Å². The first kappa shape index (κ1) is 18.3. The smallest absolute Gasteiger partial charge is 0.258 e. The van der Waals surface area contributed by atoms with Crippen LogP contribution in [0.25, 0.3) is 22.6 Å². The van der Waals surface area contributed by atoms with Crippen LogP contribution < -0.4 is 10.2 Å². The number of pyridine rings is 1. The lowest BCUT2D eigenvalue weighted by atomic mass is 10.2. The number of para-hydroxylation sites is 2. The first-order valence-electron chi connectivity index (χ1n) is 9.76. The average Bonchev–Trinajstić information content (AvgIpc) is 3.46. The number of hydrogen-bond donors (Lipinski definition) is 3. The zero-order chi connectivity index (χ0) is 20.7. The maximum Gasteiger partial charge on any atom is 0.258 e. The molecule has 1 aliphatic rings. The highest BCUT2D eigenvalue weighted by Crippen LogP contribution is 2.23. The number of nitrogens with one attached hydrogen (secondary N) is 2. The van der Waals surface area contributed by atoms with E-state index in [9.17, 15) is 9.90 Å². The van der Waals surface area contributed by atoms with Crippen molar-refractivity contribution in [2.45, 2.75) is 12.5 Å². The fraction of sp³-hybridized carbons (Fsp3) is 0.238. The van der Waals surface area contributed by atoms with E-state index in [0.717, 1.165) is 35.5 Å². The van der Waals surface area contributed by atoms with Crippen molar-refractivity contribution >= 4 is 28.6 Å². The number of benzene rings is 1. The Hall–Kier alpha value is -3.72. The summed E-state index contributed by atoms with van der Waals surface area (Å²) in [6.07, 6.45) is 1.95. The second-order valence-electron chi connectivity index (χ2n) is 7.39. The fourth-order valence-electron chi connectivity index (χ4n) is 3.67. The van der Waals surface area contributed by atoms with Crippen molar-refractivity contribution in [2.75, 3.05) is 23.3 Å². The highest BCUT2D eigenvalue weighted by atomic mass is 16.3. The van der Waals surface area contributed by atoms with Crippen molar-refractivity contribution < 1.29 is 9.90 Å². The number of rotatable bonds is 4. The van der Waals surface area contributed by atoms with Crippen molar-refractivity contribution in [2.24, 2.45) is 7.05 Å². The third-order valence-corrected chi connectivity index (χ3v) is 5.25. The Kier molecular flexibility index (Phi) is 4.44. The number of aromatic nitrogens is 5. The number of amides is 1. The van der Waals surface area contributed by atoms with Crippen LogP contribution in [0.5, 0.6) is 0 Å². The molecular weight excluding hydrogens is 382 g/mol. The number of H-pyrrole nitrogens is 1. The van der Waals surface area contributed by atoms with Gasteiger partial charge in [-0.25, -0.2) is 9.97 Å². The van der Waals surface area contributed by atoms with E-state index in [1.165, 1.54) is 0 Å². The zero-order valence-electron chi connectivity index (χ0n) is 16.4. The van der Waals surface area contributed by atoms with E-state index in [2.05, 4.69) is 25.4 Å². The van der Waals surface area contributed by atoms with E-state index in [1.807, 2.05) is 29.2 Å². The summed E-state index contributed by atoms with van der Waals surface area (Å²) < 4.78 is 1.67. The van der Waals surface area contributed by atoms with Crippen LogP contribution in [0.1, 0.15) is 16.8 Å². The van der Waals surface area contributed by atoms with Gasteiger partial charge in [-0.3, -0.25) is 9.48 Å². The van der Waals surface area contributed by atoms with Crippen LogP contribution in [0.4, 0.5) is 11.6 Å². The van der Waals surface area contributed by atoms with E-state index in [0.29, 0.717) is 23.8 Å². The first-order valence-corrected chi connectivity index (χ1v) is 9.76. The summed E-state index contributed by atoms with van der Waals surface area (Å²) in [5, 5.41) is 16.9. The Bertz CT molecular complexity index is 1180. The van der Waals surface area contributed by atoms with Crippen molar-refractivity contribution in [3.63, 3.8) is 0 Å². The molecule has 9 heteroatoms. The van der Waals surface area contributed by atoms with Crippen LogP contribution in [0.15, 0.2) is 48.7 Å². The number of aliphatic hydroxyl groups is 1. The molecule has 1 saturated heterocycles. The number of carbonyl (C=O) groups excluding carboxylic acids is 1. The van der Waals surface area contributed by atoms with E-state index >= 15 is 0 Å². The molecule has 1 aromatic carbocycles. The molecule has 0 bridgehead atoms. The molecule has 30 heavy (non-hydrogen) atoms. The Balaban J connectivity index is 1.32. The molecule has 0 radical (unpaired) electrons. The largest absolute Gasteiger partial charge is 0.391 e. The normalized spacial score (nSPS) is 16.3. The maximum atomic E-state index is 12.6. The number of aromatic amines is 1. The number of fused-ring (bicyclic) bond motifs is 1. The van der Waals surface area contributed by atoms with Gasteiger partial charge in [0.25, 0.3) is 5.91 Å². The van der Waals surface area contributed by atoms with E-state index in [1.54, 1.807) is 36.1 Å². The van der Waals surface area contributed by atoms with E-state index < -0.39 is 0 Å². The monoisotopic (exact) mass is 403 g/mol. The second kappa shape index (κ2) is 7.27. The maximum absolute atomic E-state index is 12.6. The Morgan fingerprint density at radius 2 is 2.13 bits per heavy atom. The minimum atomic E-state index is -0.320. The molecule has 9 nitrogen and oxygen atoms in total. The molecule has 1 amide bonds. The van der Waals surface area contributed by atoms with Gasteiger partial charge in [0.15, 0.2) is 11.6 Å². The first-order chi connectivity index (χ1) is 14.6. The quantitative estimate of drug-likeness (QED) is 0.482. The summed E-state index contributed by atoms with van der Waals surface area (Å²) in [4.78, 5) is 26.8. The number of hydrogen-bond acceptors (Lipinski definition) is 6. The Morgan fingerprint density at radius 3 is 2.87 bits per heavy atom. The van der Waals surface area contributed by atoms with Crippen LogP contribution in [0, 0.1) is 0 Å². The molecular formula is C21H21N7O2. The zero-order valence-corrected chi connectivity index (χ0v) is 16.4. The van der Waals surface area contributed by atoms with E-state index in [-0.39, 0.29) is 12.0 Å². The van der Waals surface area contributed by atoms with Gasteiger partial charge in [-0.2, -0.15) is 5.10 Å². The SMILES string of the molecule is Cn1nc(NC(=O)c2ccc(N3CC[C@H](O)C3)nc2)cc1-c1nc2ccccc2[nH]1. The summed E-state index contributed by atoms with van der Waals surface area (Å²) in [7, 11) is 1.80. The predicted octanol–water partition coefficient (Wildman–Crippen LogP) is 2.18. The summed E-state index contributed by atoms with van der Waals surface area (Å²) in [5.41, 5.74) is 3.02. The summed E-state index contributed by atoms with van der Waals surface area (Å²) in [5.74, 6) is 1.59. The molecule has 4 aromatic rings. The number of β-amino-alcohol motifs (C(OH)–C–C–N with tert-alkyl or cyclic N) is 1. The average molecular weight is 403 g/mol. The third kappa shape index (κ3) is 3.39.